The van der Waals surface area contributed by atoms with Crippen molar-refractivity contribution in [2.24, 2.45) is 0 Å². The van der Waals surface area contributed by atoms with Crippen LogP contribution in [0.4, 0.5) is 0 Å². The molecule has 0 amide bonds. The predicted molar refractivity (Wildman–Crippen MR) is 109 cm³/mol. The van der Waals surface area contributed by atoms with E-state index in [1.165, 1.54) is 38.5 Å². The number of likely N-dealkylation sites (N-methyl/N-ethyl adjacent to an activating group) is 1. The first-order valence-electron chi connectivity index (χ1n) is 9.95. The van der Waals surface area contributed by atoms with Crippen LogP contribution in [0.5, 0.6) is 0 Å². The zero-order chi connectivity index (χ0) is 18.6. The van der Waals surface area contributed by atoms with Gasteiger partial charge in [0.05, 0.1) is 0 Å². The summed E-state index contributed by atoms with van der Waals surface area (Å²) in [4.78, 5) is 13.5. The summed E-state index contributed by atoms with van der Waals surface area (Å²) in [6, 6.07) is 0. The van der Waals surface area contributed by atoms with Crippen molar-refractivity contribution in [1.29, 1.82) is 0 Å². The Morgan fingerprint density at radius 2 is 1.44 bits per heavy atom. The van der Waals surface area contributed by atoms with E-state index in [9.17, 15) is 4.79 Å². The molecule has 0 aliphatic heterocycles. The monoisotopic (exact) mass is 349 g/mol. The number of hydrogen-bond donors (Lipinski definition) is 0. The molecular formula is C22H39NO2. The third-order valence-electron chi connectivity index (χ3n) is 3.89. The lowest BCUT2D eigenvalue weighted by atomic mass is 10.1. The summed E-state index contributed by atoms with van der Waals surface area (Å²) in [5, 5.41) is 0. The van der Waals surface area contributed by atoms with Crippen molar-refractivity contribution in [2.75, 3.05) is 27.2 Å². The van der Waals surface area contributed by atoms with Gasteiger partial charge in [0.25, 0.3) is 0 Å². The number of unbranched alkanes of at least 4 members (excludes halogenated alkanes) is 7. The average Bonchev–Trinajstić information content (AvgIpc) is 2.58. The minimum Gasteiger partial charge on any atom is -0.464 e. The van der Waals surface area contributed by atoms with E-state index in [1.807, 2.05) is 19.0 Å². The number of ether oxygens (including phenoxy) is 1. The maximum absolute atomic E-state index is 11.5. The molecule has 0 saturated carbocycles. The average molecular weight is 350 g/mol. The van der Waals surface area contributed by atoms with Gasteiger partial charge in [-0.2, -0.15) is 0 Å². The van der Waals surface area contributed by atoms with Crippen LogP contribution in [-0.4, -0.2) is 38.1 Å². The fraction of sp³-hybridized carbons (Fsp3) is 0.682. The predicted octanol–water partition coefficient (Wildman–Crippen LogP) is 5.68. The largest absolute Gasteiger partial charge is 0.464 e. The molecule has 0 aliphatic rings. The first-order chi connectivity index (χ1) is 12.2. The third-order valence-corrected chi connectivity index (χ3v) is 3.89. The molecule has 0 saturated heterocycles. The smallest absolute Gasteiger partial charge is 0.305 e. The molecule has 0 atom stereocenters. The van der Waals surface area contributed by atoms with Crippen molar-refractivity contribution in [1.82, 2.24) is 4.90 Å². The molecule has 3 heteroatoms. The number of carbonyl (C=O) groups is 1. The minimum absolute atomic E-state index is 0.0483. The van der Waals surface area contributed by atoms with Crippen LogP contribution in [0.15, 0.2) is 36.5 Å². The van der Waals surface area contributed by atoms with Crippen LogP contribution in [-0.2, 0) is 9.53 Å². The van der Waals surface area contributed by atoms with Crippen molar-refractivity contribution in [3.63, 3.8) is 0 Å². The van der Waals surface area contributed by atoms with Crippen LogP contribution in [0.2, 0.25) is 0 Å². The number of hydrogen-bond acceptors (Lipinski definition) is 3. The Labute approximate surface area is 155 Å². The lowest BCUT2D eigenvalue weighted by molar-refractivity contribution is -0.144. The van der Waals surface area contributed by atoms with E-state index in [0.717, 1.165) is 25.8 Å². The van der Waals surface area contributed by atoms with E-state index in [1.54, 1.807) is 0 Å². The van der Waals surface area contributed by atoms with Gasteiger partial charge in [-0.1, -0.05) is 75.5 Å². The normalized spacial score (nSPS) is 12.2. The Balaban J connectivity index is 3.28. The van der Waals surface area contributed by atoms with E-state index >= 15 is 0 Å². The molecule has 0 spiro atoms. The molecule has 0 aromatic rings. The fourth-order valence-corrected chi connectivity index (χ4v) is 2.35. The molecule has 0 N–H and O–H groups in total. The van der Waals surface area contributed by atoms with Crippen LogP contribution in [0.3, 0.4) is 0 Å². The van der Waals surface area contributed by atoms with Gasteiger partial charge < -0.3 is 9.64 Å². The maximum atomic E-state index is 11.5. The Bertz CT molecular complexity index is 383. The molecule has 0 bridgehead atoms. The van der Waals surface area contributed by atoms with Crippen LogP contribution < -0.4 is 0 Å². The van der Waals surface area contributed by atoms with Crippen LogP contribution >= 0.6 is 0 Å². The highest BCUT2D eigenvalue weighted by Gasteiger charge is 2.02. The first-order valence-corrected chi connectivity index (χ1v) is 9.95. The lowest BCUT2D eigenvalue weighted by Crippen LogP contribution is -2.20. The molecule has 0 rings (SSSR count). The third kappa shape index (κ3) is 20.6. The van der Waals surface area contributed by atoms with Crippen LogP contribution in [0.1, 0.15) is 71.1 Å². The first kappa shape index (κ1) is 23.6. The van der Waals surface area contributed by atoms with Gasteiger partial charge in [0.1, 0.15) is 6.61 Å². The van der Waals surface area contributed by atoms with Gasteiger partial charge in [0, 0.05) is 13.0 Å². The Morgan fingerprint density at radius 3 is 2.08 bits per heavy atom. The standard InChI is InChI=1S/C22H39NO2/c1-4-5-6-7-8-9-10-11-12-13-14-15-16-17-18-19-22(24)25-21-20-23(2)3/h5-10H,4,11-21H2,1-3H3/b6-5-,8-7-,10-9-. The van der Waals surface area contributed by atoms with E-state index in [4.69, 9.17) is 4.74 Å². The number of carbonyl (C=O) groups excluding carboxylic acids is 1. The molecule has 0 aliphatic carbocycles. The number of nitrogens with zero attached hydrogens (tertiary/aromatic N) is 1. The SMILES string of the molecule is CC\C=C/C=C\C=C/CCCCCCCCCC(=O)OCCN(C)C. The molecule has 0 heterocycles. The molecule has 144 valence electrons. The summed E-state index contributed by atoms with van der Waals surface area (Å²) in [5.41, 5.74) is 0. The Morgan fingerprint density at radius 1 is 0.840 bits per heavy atom. The van der Waals surface area contributed by atoms with Gasteiger partial charge in [0.2, 0.25) is 0 Å². The number of rotatable bonds is 16. The maximum Gasteiger partial charge on any atom is 0.305 e. The molecule has 25 heavy (non-hydrogen) atoms. The molecule has 0 unspecified atom stereocenters. The highest BCUT2D eigenvalue weighted by Crippen LogP contribution is 2.10. The second-order valence-electron chi connectivity index (χ2n) is 6.69. The van der Waals surface area contributed by atoms with Crippen LogP contribution in [0, 0.1) is 0 Å². The summed E-state index contributed by atoms with van der Waals surface area (Å²) >= 11 is 0. The fourth-order valence-electron chi connectivity index (χ4n) is 2.35. The molecule has 3 nitrogen and oxygen atoms in total. The summed E-state index contributed by atoms with van der Waals surface area (Å²) in [6.07, 6.45) is 24.1. The van der Waals surface area contributed by atoms with E-state index in [-0.39, 0.29) is 5.97 Å². The molecule has 0 aromatic carbocycles. The number of allylic oxidation sites excluding steroid dienone is 6. The molecule has 0 radical (unpaired) electrons. The molecule has 0 aromatic heterocycles. The van der Waals surface area contributed by atoms with Crippen molar-refractivity contribution in [3.05, 3.63) is 36.5 Å². The van der Waals surface area contributed by atoms with Crippen LogP contribution in [0.25, 0.3) is 0 Å². The second kappa shape index (κ2) is 19.0. The van der Waals surface area contributed by atoms with Gasteiger partial charge in [0.15, 0.2) is 0 Å². The lowest BCUT2D eigenvalue weighted by Gasteiger charge is -2.09. The van der Waals surface area contributed by atoms with Crippen molar-refractivity contribution >= 4 is 5.97 Å². The van der Waals surface area contributed by atoms with Gasteiger partial charge in [-0.05, 0) is 39.8 Å². The second-order valence-corrected chi connectivity index (χ2v) is 6.69. The van der Waals surface area contributed by atoms with Crippen molar-refractivity contribution in [3.8, 4) is 0 Å². The van der Waals surface area contributed by atoms with Crippen molar-refractivity contribution in [2.45, 2.75) is 71.1 Å². The molecule has 0 fully saturated rings. The van der Waals surface area contributed by atoms with E-state index in [0.29, 0.717) is 13.0 Å². The zero-order valence-corrected chi connectivity index (χ0v) is 16.7. The summed E-state index contributed by atoms with van der Waals surface area (Å²) in [7, 11) is 3.96. The summed E-state index contributed by atoms with van der Waals surface area (Å²) in [5.74, 6) is -0.0483. The van der Waals surface area contributed by atoms with Gasteiger partial charge in [-0.15, -0.1) is 0 Å². The van der Waals surface area contributed by atoms with Crippen molar-refractivity contribution < 1.29 is 9.53 Å². The highest BCUT2D eigenvalue weighted by molar-refractivity contribution is 5.69. The number of esters is 1. The minimum atomic E-state index is -0.0483. The highest BCUT2D eigenvalue weighted by atomic mass is 16.5. The Kier molecular flexibility index (Phi) is 18.0. The van der Waals surface area contributed by atoms with E-state index < -0.39 is 0 Å². The molecular weight excluding hydrogens is 310 g/mol. The van der Waals surface area contributed by atoms with Gasteiger partial charge in [-0.25, -0.2) is 0 Å². The summed E-state index contributed by atoms with van der Waals surface area (Å²) < 4.78 is 5.18. The zero-order valence-electron chi connectivity index (χ0n) is 16.7. The summed E-state index contributed by atoms with van der Waals surface area (Å²) in [6.45, 7) is 3.44. The van der Waals surface area contributed by atoms with E-state index in [2.05, 4.69) is 43.4 Å². The Hall–Kier alpha value is -1.35. The quantitative estimate of drug-likeness (QED) is 0.204. The topological polar surface area (TPSA) is 29.5 Å². The van der Waals surface area contributed by atoms with Gasteiger partial charge in [-0.3, -0.25) is 4.79 Å². The van der Waals surface area contributed by atoms with Gasteiger partial charge >= 0.3 is 5.97 Å².